The van der Waals surface area contributed by atoms with Crippen molar-refractivity contribution in [3.8, 4) is 5.75 Å². The number of esters is 1. The molecular formula is C22H18F2O5. The second-order valence-electron chi connectivity index (χ2n) is 6.87. The number of furan rings is 1. The molecule has 0 saturated heterocycles. The van der Waals surface area contributed by atoms with Crippen LogP contribution in [0.3, 0.4) is 0 Å². The maximum atomic E-state index is 13.6. The molecule has 2 aromatic carbocycles. The highest BCUT2D eigenvalue weighted by molar-refractivity contribution is 5.98. The number of Topliss-reactive ketones (excluding diaryl/α,β-unsaturated/α-hetero) is 1. The van der Waals surface area contributed by atoms with Gasteiger partial charge in [0, 0.05) is 17.4 Å². The molecular weight excluding hydrogens is 382 g/mol. The van der Waals surface area contributed by atoms with Crippen molar-refractivity contribution in [2.45, 2.75) is 25.7 Å². The van der Waals surface area contributed by atoms with Gasteiger partial charge in [0.05, 0.1) is 5.56 Å². The lowest BCUT2D eigenvalue weighted by Crippen LogP contribution is -2.20. The molecule has 0 fully saturated rings. The van der Waals surface area contributed by atoms with Gasteiger partial charge < -0.3 is 13.9 Å². The fourth-order valence-corrected chi connectivity index (χ4v) is 3.45. The van der Waals surface area contributed by atoms with E-state index in [1.165, 1.54) is 5.56 Å². The van der Waals surface area contributed by atoms with Gasteiger partial charge in [0.15, 0.2) is 13.2 Å². The molecule has 1 aliphatic carbocycles. The number of carbonyl (C=O) groups excluding carboxylic acids is 2. The van der Waals surface area contributed by atoms with Crippen LogP contribution < -0.4 is 4.74 Å². The van der Waals surface area contributed by atoms with Crippen LogP contribution in [-0.4, -0.2) is 25.0 Å². The summed E-state index contributed by atoms with van der Waals surface area (Å²) in [4.78, 5) is 23.8. The monoisotopic (exact) mass is 400 g/mol. The van der Waals surface area contributed by atoms with Crippen LogP contribution in [0.25, 0.3) is 11.0 Å². The summed E-state index contributed by atoms with van der Waals surface area (Å²) >= 11 is 0. The highest BCUT2D eigenvalue weighted by atomic mass is 19.1. The van der Waals surface area contributed by atoms with Crippen molar-refractivity contribution >= 4 is 22.7 Å². The molecule has 0 aliphatic heterocycles. The Bertz CT molecular complexity index is 1090. The molecule has 0 saturated carbocycles. The van der Waals surface area contributed by atoms with Gasteiger partial charge in [0.25, 0.3) is 0 Å². The first kappa shape index (κ1) is 19.1. The van der Waals surface area contributed by atoms with Crippen LogP contribution >= 0.6 is 0 Å². The molecule has 1 aliphatic rings. The van der Waals surface area contributed by atoms with E-state index < -0.39 is 42.2 Å². The Morgan fingerprint density at radius 2 is 1.83 bits per heavy atom. The van der Waals surface area contributed by atoms with Gasteiger partial charge in [0.2, 0.25) is 5.78 Å². The van der Waals surface area contributed by atoms with E-state index in [-0.39, 0.29) is 0 Å². The highest BCUT2D eigenvalue weighted by Crippen LogP contribution is 2.33. The molecule has 0 spiro atoms. The molecule has 0 N–H and O–H groups in total. The predicted molar refractivity (Wildman–Crippen MR) is 100.0 cm³/mol. The van der Waals surface area contributed by atoms with Gasteiger partial charge in [-0.05, 0) is 55.7 Å². The van der Waals surface area contributed by atoms with Crippen LogP contribution in [0.15, 0.2) is 40.8 Å². The number of fused-ring (bicyclic) bond motifs is 3. The van der Waals surface area contributed by atoms with E-state index in [9.17, 15) is 18.4 Å². The Morgan fingerprint density at radius 1 is 1.00 bits per heavy atom. The number of carbonyl (C=O) groups is 2. The lowest BCUT2D eigenvalue weighted by molar-refractivity contribution is -0.144. The number of hydrogen-bond acceptors (Lipinski definition) is 5. The molecule has 5 nitrogen and oxygen atoms in total. The van der Waals surface area contributed by atoms with Crippen molar-refractivity contribution in [1.82, 2.24) is 0 Å². The molecule has 150 valence electrons. The molecule has 3 aromatic rings. The minimum atomic E-state index is -0.875. The summed E-state index contributed by atoms with van der Waals surface area (Å²) in [5.74, 6) is -1.76. The van der Waals surface area contributed by atoms with Gasteiger partial charge in [-0.15, -0.1) is 0 Å². The molecule has 1 aromatic heterocycles. The number of aryl methyl sites for hydroxylation is 2. The van der Waals surface area contributed by atoms with E-state index in [1.807, 2.05) is 6.07 Å². The van der Waals surface area contributed by atoms with Gasteiger partial charge in [-0.3, -0.25) is 4.79 Å². The fraction of sp³-hybridized carbons (Fsp3) is 0.273. The topological polar surface area (TPSA) is 65.7 Å². The van der Waals surface area contributed by atoms with Crippen LogP contribution in [0.1, 0.15) is 34.5 Å². The zero-order chi connectivity index (χ0) is 20.4. The predicted octanol–water partition coefficient (Wildman–Crippen LogP) is 4.39. The second-order valence-corrected chi connectivity index (χ2v) is 6.87. The van der Waals surface area contributed by atoms with Gasteiger partial charge >= 0.3 is 5.97 Å². The van der Waals surface area contributed by atoms with E-state index in [0.717, 1.165) is 60.6 Å². The smallest absolute Gasteiger partial charge is 0.344 e. The third kappa shape index (κ3) is 4.13. The highest BCUT2D eigenvalue weighted by Gasteiger charge is 2.19. The maximum absolute atomic E-state index is 13.6. The van der Waals surface area contributed by atoms with E-state index in [1.54, 1.807) is 12.1 Å². The molecule has 0 radical (unpaired) electrons. The second kappa shape index (κ2) is 8.03. The number of rotatable bonds is 6. The van der Waals surface area contributed by atoms with Crippen molar-refractivity contribution in [3.63, 3.8) is 0 Å². The van der Waals surface area contributed by atoms with Gasteiger partial charge in [-0.2, -0.15) is 0 Å². The summed E-state index contributed by atoms with van der Waals surface area (Å²) < 4.78 is 42.9. The number of halogens is 2. The van der Waals surface area contributed by atoms with Crippen molar-refractivity contribution in [2.24, 2.45) is 0 Å². The molecule has 7 heteroatoms. The zero-order valence-corrected chi connectivity index (χ0v) is 15.5. The SMILES string of the molecule is O=C(COc1ccc2oc3c(c2c1)CCCC3)OCC(=O)c1cc(F)ccc1F. The van der Waals surface area contributed by atoms with Crippen LogP contribution in [0, 0.1) is 11.6 Å². The van der Waals surface area contributed by atoms with Crippen molar-refractivity contribution in [1.29, 1.82) is 0 Å². The summed E-state index contributed by atoms with van der Waals surface area (Å²) in [7, 11) is 0. The quantitative estimate of drug-likeness (QED) is 0.453. The summed E-state index contributed by atoms with van der Waals surface area (Å²) in [6.45, 7) is -1.11. The normalized spacial score (nSPS) is 13.2. The third-order valence-corrected chi connectivity index (χ3v) is 4.88. The van der Waals surface area contributed by atoms with E-state index >= 15 is 0 Å². The first-order valence-corrected chi connectivity index (χ1v) is 9.32. The lowest BCUT2D eigenvalue weighted by atomic mass is 9.96. The molecule has 1 heterocycles. The van der Waals surface area contributed by atoms with Gasteiger partial charge in [-0.1, -0.05) is 0 Å². The van der Waals surface area contributed by atoms with Gasteiger partial charge in [-0.25, -0.2) is 13.6 Å². The summed E-state index contributed by atoms with van der Waals surface area (Å²) in [5.41, 5.74) is 1.51. The molecule has 0 amide bonds. The van der Waals surface area contributed by atoms with E-state index in [0.29, 0.717) is 5.75 Å². The Morgan fingerprint density at radius 3 is 2.69 bits per heavy atom. The average molecular weight is 400 g/mol. The van der Waals surface area contributed by atoms with E-state index in [2.05, 4.69) is 0 Å². The standard InChI is InChI=1S/C22H18F2O5/c23-13-5-7-18(24)17(9-13)19(25)11-28-22(26)12-27-14-6-8-21-16(10-14)15-3-1-2-4-20(15)29-21/h5-10H,1-4,11-12H2. The maximum Gasteiger partial charge on any atom is 0.344 e. The first-order valence-electron chi connectivity index (χ1n) is 9.32. The van der Waals surface area contributed by atoms with Crippen LogP contribution in [-0.2, 0) is 22.4 Å². The number of ether oxygens (including phenoxy) is 2. The van der Waals surface area contributed by atoms with Crippen LogP contribution in [0.5, 0.6) is 5.75 Å². The number of benzene rings is 2. The summed E-state index contributed by atoms with van der Waals surface area (Å²) in [5, 5.41) is 0.974. The Labute approximate surface area is 165 Å². The Balaban J connectivity index is 1.35. The van der Waals surface area contributed by atoms with Crippen molar-refractivity contribution in [2.75, 3.05) is 13.2 Å². The van der Waals surface area contributed by atoms with E-state index in [4.69, 9.17) is 13.9 Å². The lowest BCUT2D eigenvalue weighted by Gasteiger charge is -2.09. The molecule has 0 unspecified atom stereocenters. The number of hydrogen-bond donors (Lipinski definition) is 0. The first-order chi connectivity index (χ1) is 14.0. The van der Waals surface area contributed by atoms with Crippen LogP contribution in [0.4, 0.5) is 8.78 Å². The molecule has 0 atom stereocenters. The Kier molecular flexibility index (Phi) is 5.29. The van der Waals surface area contributed by atoms with Gasteiger partial charge in [0.1, 0.15) is 28.7 Å². The molecule has 0 bridgehead atoms. The molecule has 29 heavy (non-hydrogen) atoms. The Hall–Kier alpha value is -3.22. The number of ketones is 1. The van der Waals surface area contributed by atoms with Crippen molar-refractivity contribution in [3.05, 3.63) is 64.9 Å². The third-order valence-electron chi connectivity index (χ3n) is 4.88. The zero-order valence-electron chi connectivity index (χ0n) is 15.5. The molecule has 4 rings (SSSR count). The largest absolute Gasteiger partial charge is 0.482 e. The van der Waals surface area contributed by atoms with Crippen LogP contribution in [0.2, 0.25) is 0 Å². The average Bonchev–Trinajstić information content (AvgIpc) is 3.10. The summed E-state index contributed by atoms with van der Waals surface area (Å²) in [6, 6.07) is 7.83. The fourth-order valence-electron chi connectivity index (χ4n) is 3.45. The minimum absolute atomic E-state index is 0.412. The van der Waals surface area contributed by atoms with Crippen molar-refractivity contribution < 1.29 is 32.3 Å². The minimum Gasteiger partial charge on any atom is -0.482 e. The summed E-state index contributed by atoms with van der Waals surface area (Å²) in [6.07, 6.45) is 4.10.